The highest BCUT2D eigenvalue weighted by atomic mass is 32.2. The van der Waals surface area contributed by atoms with Crippen molar-refractivity contribution in [1.82, 2.24) is 10.2 Å². The van der Waals surface area contributed by atoms with Gasteiger partial charge >= 0.3 is 11.9 Å². The number of amides is 2. The van der Waals surface area contributed by atoms with Gasteiger partial charge in [-0.15, -0.1) is 11.8 Å². The Morgan fingerprint density at radius 3 is 2.50 bits per heavy atom. The Morgan fingerprint density at radius 1 is 1.35 bits per heavy atom. The number of hydrogen-bond acceptors (Lipinski definition) is 5. The van der Waals surface area contributed by atoms with E-state index >= 15 is 0 Å². The summed E-state index contributed by atoms with van der Waals surface area (Å²) in [6.45, 7) is 1.63. The number of carbonyl (C=O) groups is 4. The van der Waals surface area contributed by atoms with Crippen LogP contribution in [-0.4, -0.2) is 56.0 Å². The van der Waals surface area contributed by atoms with E-state index in [1.165, 1.54) is 0 Å². The van der Waals surface area contributed by atoms with Gasteiger partial charge in [-0.25, -0.2) is 9.59 Å². The molecule has 1 saturated heterocycles. The minimum Gasteiger partial charge on any atom is -0.478 e. The third kappa shape index (κ3) is 2.13. The van der Waals surface area contributed by atoms with Crippen molar-refractivity contribution < 1.29 is 29.4 Å². The molecule has 0 aliphatic carbocycles. The molecule has 2 aliphatic rings. The normalized spacial score (nSPS) is 24.9. The third-order valence-corrected chi connectivity index (χ3v) is 4.35. The largest absolute Gasteiger partial charge is 0.478 e. The quantitative estimate of drug-likeness (QED) is 0.582. The Balaban J connectivity index is 2.28. The average molecular weight is 300 g/mol. The number of β-lactam (4-membered cyclic amide) rings is 1. The molecular formula is C11H12N2O6S. The molecule has 0 saturated carbocycles. The molecule has 2 rings (SSSR count). The second kappa shape index (κ2) is 5.16. The van der Waals surface area contributed by atoms with E-state index in [1.807, 2.05) is 0 Å². The molecule has 0 bridgehead atoms. The summed E-state index contributed by atoms with van der Waals surface area (Å²) < 4.78 is 0. The molecule has 108 valence electrons. The summed E-state index contributed by atoms with van der Waals surface area (Å²) in [5.74, 6) is -3.75. The van der Waals surface area contributed by atoms with Crippen LogP contribution in [0, 0.1) is 0 Å². The maximum absolute atomic E-state index is 11.9. The van der Waals surface area contributed by atoms with E-state index in [0.29, 0.717) is 0 Å². The summed E-state index contributed by atoms with van der Waals surface area (Å²) in [5.41, 5.74) is -0.819. The molecule has 1 fully saturated rings. The summed E-state index contributed by atoms with van der Waals surface area (Å²) in [4.78, 5) is 46.4. The van der Waals surface area contributed by atoms with Gasteiger partial charge < -0.3 is 15.5 Å². The number of nitrogens with one attached hydrogen (secondary N) is 1. The van der Waals surface area contributed by atoms with E-state index in [0.717, 1.165) is 16.7 Å². The zero-order valence-corrected chi connectivity index (χ0v) is 11.3. The maximum Gasteiger partial charge on any atom is 0.353 e. The highest BCUT2D eigenvalue weighted by Gasteiger charge is 2.54. The zero-order chi connectivity index (χ0) is 15.0. The molecule has 9 heteroatoms. The first kappa shape index (κ1) is 14.4. The fraction of sp³-hybridized carbons (Fsp3) is 0.455. The first-order valence-electron chi connectivity index (χ1n) is 5.82. The lowest BCUT2D eigenvalue weighted by atomic mass is 10.0. The number of fused-ring (bicyclic) bond motifs is 1. The smallest absolute Gasteiger partial charge is 0.353 e. The van der Waals surface area contributed by atoms with E-state index < -0.39 is 35.0 Å². The Kier molecular flexibility index (Phi) is 3.71. The van der Waals surface area contributed by atoms with E-state index in [4.69, 9.17) is 10.2 Å². The minimum absolute atomic E-state index is 0.0239. The van der Waals surface area contributed by atoms with Crippen molar-refractivity contribution in [3.8, 4) is 0 Å². The molecule has 0 aromatic heterocycles. The number of thioether (sulfide) groups is 1. The SMILES string of the molecule is CCC(=O)NC1C(=O)N2C(C(=O)O)=C(C(=O)O)CS[C@H]12. The van der Waals surface area contributed by atoms with Crippen LogP contribution in [0.1, 0.15) is 13.3 Å². The summed E-state index contributed by atoms with van der Waals surface area (Å²) >= 11 is 1.12. The molecule has 0 aromatic rings. The van der Waals surface area contributed by atoms with Crippen LogP contribution in [0.3, 0.4) is 0 Å². The number of nitrogens with zero attached hydrogens (tertiary/aromatic N) is 1. The number of rotatable bonds is 4. The predicted molar refractivity (Wildman–Crippen MR) is 67.6 cm³/mol. The Hall–Kier alpha value is -2.03. The van der Waals surface area contributed by atoms with Crippen molar-refractivity contribution in [3.63, 3.8) is 0 Å². The van der Waals surface area contributed by atoms with Crippen LogP contribution in [0.2, 0.25) is 0 Å². The highest BCUT2D eigenvalue weighted by molar-refractivity contribution is 8.00. The van der Waals surface area contributed by atoms with E-state index in [2.05, 4.69) is 5.32 Å². The third-order valence-electron chi connectivity index (χ3n) is 3.07. The first-order chi connectivity index (χ1) is 9.38. The fourth-order valence-corrected chi connectivity index (χ4v) is 3.39. The topological polar surface area (TPSA) is 124 Å². The van der Waals surface area contributed by atoms with Gasteiger partial charge in [0.05, 0.1) is 5.57 Å². The molecular weight excluding hydrogens is 288 g/mol. The lowest BCUT2D eigenvalue weighted by molar-refractivity contribution is -0.151. The van der Waals surface area contributed by atoms with Crippen molar-refractivity contribution in [3.05, 3.63) is 11.3 Å². The maximum atomic E-state index is 11.9. The van der Waals surface area contributed by atoms with Crippen LogP contribution in [0.25, 0.3) is 0 Å². The molecule has 1 unspecified atom stereocenters. The van der Waals surface area contributed by atoms with Crippen molar-refractivity contribution >= 4 is 35.5 Å². The standard InChI is InChI=1S/C11H12N2O6S/c1-2-5(14)12-6-8(15)13-7(11(18)19)4(10(16)17)3-20-9(6)13/h6,9H,2-3H2,1H3,(H,12,14)(H,16,17)(H,18,19)/t6?,9-/m1/s1. The molecule has 2 atom stereocenters. The van der Waals surface area contributed by atoms with Gasteiger partial charge in [-0.05, 0) is 0 Å². The van der Waals surface area contributed by atoms with Gasteiger partial charge in [0.15, 0.2) is 0 Å². The van der Waals surface area contributed by atoms with Crippen LogP contribution in [-0.2, 0) is 19.2 Å². The molecule has 20 heavy (non-hydrogen) atoms. The number of carbonyl (C=O) groups excluding carboxylic acids is 2. The van der Waals surface area contributed by atoms with Crippen molar-refractivity contribution in [1.29, 1.82) is 0 Å². The summed E-state index contributed by atoms with van der Waals surface area (Å²) in [6, 6.07) is -0.794. The molecule has 0 spiro atoms. The van der Waals surface area contributed by atoms with Gasteiger partial charge in [0.1, 0.15) is 17.1 Å². The van der Waals surface area contributed by atoms with Crippen molar-refractivity contribution in [2.45, 2.75) is 24.8 Å². The molecule has 3 N–H and O–H groups in total. The summed E-state index contributed by atoms with van der Waals surface area (Å²) in [6.07, 6.45) is 0.211. The van der Waals surface area contributed by atoms with E-state index in [-0.39, 0.29) is 23.7 Å². The van der Waals surface area contributed by atoms with Crippen LogP contribution < -0.4 is 5.32 Å². The lowest BCUT2D eigenvalue weighted by Gasteiger charge is -2.48. The number of carboxylic acid groups (broad SMARTS) is 2. The zero-order valence-electron chi connectivity index (χ0n) is 10.5. The van der Waals surface area contributed by atoms with Crippen LogP contribution in [0.4, 0.5) is 0 Å². The van der Waals surface area contributed by atoms with Gasteiger partial charge in [-0.1, -0.05) is 6.92 Å². The van der Waals surface area contributed by atoms with E-state index in [1.54, 1.807) is 6.92 Å². The van der Waals surface area contributed by atoms with Crippen LogP contribution in [0.15, 0.2) is 11.3 Å². The fourth-order valence-electron chi connectivity index (χ4n) is 2.06. The summed E-state index contributed by atoms with van der Waals surface area (Å²) in [5, 5.41) is 20.0. The van der Waals surface area contributed by atoms with Gasteiger partial charge in [0, 0.05) is 12.2 Å². The predicted octanol–water partition coefficient (Wildman–Crippen LogP) is -0.780. The van der Waals surface area contributed by atoms with Crippen LogP contribution in [0.5, 0.6) is 0 Å². The van der Waals surface area contributed by atoms with E-state index in [9.17, 15) is 19.2 Å². The monoisotopic (exact) mass is 300 g/mol. The number of hydrogen-bond donors (Lipinski definition) is 3. The molecule has 2 amide bonds. The Labute approximate surface area is 117 Å². The Morgan fingerprint density at radius 2 is 2.00 bits per heavy atom. The first-order valence-corrected chi connectivity index (χ1v) is 6.87. The number of aliphatic carboxylic acids is 2. The summed E-state index contributed by atoms with van der Waals surface area (Å²) in [7, 11) is 0. The number of carboxylic acids is 2. The van der Waals surface area contributed by atoms with Crippen molar-refractivity contribution in [2.75, 3.05) is 5.75 Å². The highest BCUT2D eigenvalue weighted by Crippen LogP contribution is 2.40. The molecule has 2 heterocycles. The van der Waals surface area contributed by atoms with Gasteiger partial charge in [0.25, 0.3) is 5.91 Å². The minimum atomic E-state index is -1.46. The molecule has 0 aromatic carbocycles. The molecule has 8 nitrogen and oxygen atoms in total. The Bertz CT molecular complexity index is 543. The average Bonchev–Trinajstić information content (AvgIpc) is 2.42. The lowest BCUT2D eigenvalue weighted by Crippen LogP contribution is -2.70. The molecule has 2 aliphatic heterocycles. The van der Waals surface area contributed by atoms with Crippen molar-refractivity contribution in [2.24, 2.45) is 0 Å². The molecule has 0 radical (unpaired) electrons. The van der Waals surface area contributed by atoms with Gasteiger partial charge in [0.2, 0.25) is 5.91 Å². The van der Waals surface area contributed by atoms with Gasteiger partial charge in [-0.3, -0.25) is 14.5 Å². The second-order valence-electron chi connectivity index (χ2n) is 4.25. The van der Waals surface area contributed by atoms with Crippen LogP contribution >= 0.6 is 11.8 Å². The second-order valence-corrected chi connectivity index (χ2v) is 5.35. The van der Waals surface area contributed by atoms with Gasteiger partial charge in [-0.2, -0.15) is 0 Å².